The first-order chi connectivity index (χ1) is 10.1. The number of likely N-dealkylation sites (tertiary alicyclic amines) is 1. The summed E-state index contributed by atoms with van der Waals surface area (Å²) in [6.45, 7) is 9.25. The van der Waals surface area contributed by atoms with Crippen molar-refractivity contribution in [3.63, 3.8) is 0 Å². The van der Waals surface area contributed by atoms with Crippen LogP contribution in [0.3, 0.4) is 0 Å². The highest BCUT2D eigenvalue weighted by Gasteiger charge is 2.26. The molecule has 1 fully saturated rings. The minimum absolute atomic E-state index is 0.0576. The smallest absolute Gasteiger partial charge is 0.0613 e. The summed E-state index contributed by atoms with van der Waals surface area (Å²) in [7, 11) is 4.38. The number of aliphatic hydroxyl groups excluding tert-OH is 1. The van der Waals surface area contributed by atoms with Crippen molar-refractivity contribution >= 4 is 0 Å². The second kappa shape index (κ2) is 9.78. The summed E-state index contributed by atoms with van der Waals surface area (Å²) >= 11 is 0. The van der Waals surface area contributed by atoms with Gasteiger partial charge in [-0.3, -0.25) is 0 Å². The Morgan fingerprint density at radius 3 is 2.38 bits per heavy atom. The molecule has 4 nitrogen and oxygen atoms in total. The first-order valence-electron chi connectivity index (χ1n) is 8.81. The Morgan fingerprint density at radius 2 is 1.90 bits per heavy atom. The zero-order chi connectivity index (χ0) is 15.7. The molecule has 1 rings (SSSR count). The third-order valence-electron chi connectivity index (χ3n) is 5.15. The molecule has 1 heterocycles. The van der Waals surface area contributed by atoms with Crippen molar-refractivity contribution < 1.29 is 5.11 Å². The first-order valence-corrected chi connectivity index (χ1v) is 8.81. The van der Waals surface area contributed by atoms with E-state index in [1.165, 1.54) is 38.9 Å². The number of hydrogen-bond acceptors (Lipinski definition) is 4. The number of aliphatic hydroxyl groups is 1. The van der Waals surface area contributed by atoms with Gasteiger partial charge in [0, 0.05) is 11.6 Å². The lowest BCUT2D eigenvalue weighted by molar-refractivity contribution is 0.122. The Bertz CT molecular complexity index is 259. The van der Waals surface area contributed by atoms with Gasteiger partial charge in [-0.15, -0.1) is 0 Å². The predicted molar refractivity (Wildman–Crippen MR) is 90.8 cm³/mol. The summed E-state index contributed by atoms with van der Waals surface area (Å²) in [6, 6.07) is 0.764. The molecule has 1 aliphatic rings. The van der Waals surface area contributed by atoms with Crippen LogP contribution in [0.15, 0.2) is 0 Å². The van der Waals surface area contributed by atoms with Crippen LogP contribution in [0, 0.1) is 0 Å². The van der Waals surface area contributed by atoms with Crippen LogP contribution >= 0.6 is 0 Å². The van der Waals surface area contributed by atoms with Gasteiger partial charge in [0.05, 0.1) is 6.61 Å². The molecule has 0 aliphatic carbocycles. The molecule has 1 atom stereocenters. The average Bonchev–Trinajstić information content (AvgIpc) is 2.51. The fraction of sp³-hybridized carbons (Fsp3) is 1.00. The maximum atomic E-state index is 9.75. The van der Waals surface area contributed by atoms with Crippen molar-refractivity contribution in [3.05, 3.63) is 0 Å². The molecule has 21 heavy (non-hydrogen) atoms. The highest BCUT2D eigenvalue weighted by atomic mass is 16.3. The van der Waals surface area contributed by atoms with Gasteiger partial charge in [-0.25, -0.2) is 0 Å². The van der Waals surface area contributed by atoms with Gasteiger partial charge >= 0.3 is 0 Å². The van der Waals surface area contributed by atoms with Crippen LogP contribution < -0.4 is 5.32 Å². The fourth-order valence-corrected chi connectivity index (χ4v) is 3.33. The maximum absolute atomic E-state index is 9.75. The molecule has 0 aromatic rings. The number of nitrogens with zero attached hydrogens (tertiary/aromatic N) is 2. The van der Waals surface area contributed by atoms with E-state index in [1.807, 2.05) is 0 Å². The molecule has 126 valence electrons. The topological polar surface area (TPSA) is 38.7 Å². The molecule has 0 saturated carbocycles. The Kier molecular flexibility index (Phi) is 8.79. The van der Waals surface area contributed by atoms with Gasteiger partial charge < -0.3 is 20.2 Å². The lowest BCUT2D eigenvalue weighted by Gasteiger charge is -2.36. The largest absolute Gasteiger partial charge is 0.394 e. The van der Waals surface area contributed by atoms with E-state index in [9.17, 15) is 5.11 Å². The normalized spacial score (nSPS) is 20.9. The van der Waals surface area contributed by atoms with Crippen molar-refractivity contribution in [3.8, 4) is 0 Å². The van der Waals surface area contributed by atoms with Gasteiger partial charge in [-0.1, -0.05) is 13.8 Å². The first kappa shape index (κ1) is 18.9. The Morgan fingerprint density at radius 1 is 1.24 bits per heavy atom. The van der Waals surface area contributed by atoms with E-state index in [2.05, 4.69) is 43.1 Å². The van der Waals surface area contributed by atoms with E-state index >= 15 is 0 Å². The van der Waals surface area contributed by atoms with E-state index in [-0.39, 0.29) is 12.1 Å². The second-order valence-corrected chi connectivity index (χ2v) is 6.86. The predicted octanol–water partition coefficient (Wildman–Crippen LogP) is 1.93. The van der Waals surface area contributed by atoms with Gasteiger partial charge in [-0.2, -0.15) is 0 Å². The molecular formula is C17H37N3O. The van der Waals surface area contributed by atoms with Crippen molar-refractivity contribution in [2.75, 3.05) is 46.9 Å². The number of rotatable bonds is 10. The summed E-state index contributed by atoms with van der Waals surface area (Å²) in [5.41, 5.74) is -0.0576. The van der Waals surface area contributed by atoms with E-state index in [0.29, 0.717) is 0 Å². The monoisotopic (exact) mass is 299 g/mol. The van der Waals surface area contributed by atoms with E-state index in [0.717, 1.165) is 31.8 Å². The van der Waals surface area contributed by atoms with Gasteiger partial charge in [0.25, 0.3) is 0 Å². The Balaban J connectivity index is 2.28. The van der Waals surface area contributed by atoms with Crippen LogP contribution in [0.5, 0.6) is 0 Å². The van der Waals surface area contributed by atoms with Crippen LogP contribution in [0.1, 0.15) is 52.4 Å². The summed E-state index contributed by atoms with van der Waals surface area (Å²) in [6.07, 6.45) is 6.97. The summed E-state index contributed by atoms with van der Waals surface area (Å²) < 4.78 is 0. The number of piperidine rings is 1. The molecule has 1 saturated heterocycles. The van der Waals surface area contributed by atoms with Crippen molar-refractivity contribution in [2.45, 2.75) is 64.0 Å². The molecule has 0 radical (unpaired) electrons. The molecule has 0 aromatic heterocycles. The highest BCUT2D eigenvalue weighted by molar-refractivity contribution is 4.86. The van der Waals surface area contributed by atoms with Crippen LogP contribution in [-0.4, -0.2) is 73.4 Å². The number of hydrogen-bond donors (Lipinski definition) is 2. The third kappa shape index (κ3) is 6.23. The van der Waals surface area contributed by atoms with E-state index < -0.39 is 0 Å². The molecule has 0 spiro atoms. The van der Waals surface area contributed by atoms with Crippen molar-refractivity contribution in [1.82, 2.24) is 15.1 Å². The standard InChI is InChI=1S/C17H37N3O/c1-5-11-18-17(6-2,15-21)10-7-12-20-13-8-16(9-14-20)19(3)4/h16,18,21H,5-15H2,1-4H3. The van der Waals surface area contributed by atoms with Crippen LogP contribution in [0.4, 0.5) is 0 Å². The van der Waals surface area contributed by atoms with Crippen LogP contribution in [-0.2, 0) is 0 Å². The number of nitrogens with one attached hydrogen (secondary N) is 1. The molecule has 4 heteroatoms. The lowest BCUT2D eigenvalue weighted by Crippen LogP contribution is -2.49. The maximum Gasteiger partial charge on any atom is 0.0613 e. The Hall–Kier alpha value is -0.160. The zero-order valence-corrected chi connectivity index (χ0v) is 14.7. The van der Waals surface area contributed by atoms with Crippen molar-refractivity contribution in [1.29, 1.82) is 0 Å². The summed E-state index contributed by atoms with van der Waals surface area (Å²) in [4.78, 5) is 4.96. The van der Waals surface area contributed by atoms with Gasteiger partial charge in [0.15, 0.2) is 0 Å². The fourth-order valence-electron chi connectivity index (χ4n) is 3.33. The molecule has 1 aliphatic heterocycles. The summed E-state index contributed by atoms with van der Waals surface area (Å²) in [5.74, 6) is 0. The SMILES string of the molecule is CCCNC(CC)(CO)CCCN1CCC(N(C)C)CC1. The highest BCUT2D eigenvalue weighted by Crippen LogP contribution is 2.19. The molecule has 1 unspecified atom stereocenters. The van der Waals surface area contributed by atoms with Gasteiger partial charge in [0.2, 0.25) is 0 Å². The molecule has 0 bridgehead atoms. The third-order valence-corrected chi connectivity index (χ3v) is 5.15. The summed E-state index contributed by atoms with van der Waals surface area (Å²) in [5, 5.41) is 13.3. The average molecular weight is 300 g/mol. The molecular weight excluding hydrogens is 262 g/mol. The van der Waals surface area contributed by atoms with Crippen LogP contribution in [0.25, 0.3) is 0 Å². The molecule has 0 aromatic carbocycles. The van der Waals surface area contributed by atoms with Gasteiger partial charge in [0.1, 0.15) is 0 Å². The zero-order valence-electron chi connectivity index (χ0n) is 14.7. The second-order valence-electron chi connectivity index (χ2n) is 6.86. The molecule has 0 amide bonds. The van der Waals surface area contributed by atoms with E-state index in [1.54, 1.807) is 0 Å². The Labute approximate surface area is 131 Å². The van der Waals surface area contributed by atoms with Crippen molar-refractivity contribution in [2.24, 2.45) is 0 Å². The minimum Gasteiger partial charge on any atom is -0.394 e. The lowest BCUT2D eigenvalue weighted by atomic mass is 9.90. The molecule has 2 N–H and O–H groups in total. The van der Waals surface area contributed by atoms with E-state index in [4.69, 9.17) is 0 Å². The van der Waals surface area contributed by atoms with Crippen LogP contribution in [0.2, 0.25) is 0 Å². The quantitative estimate of drug-likeness (QED) is 0.646. The van der Waals surface area contributed by atoms with Gasteiger partial charge in [-0.05, 0) is 78.8 Å². The minimum atomic E-state index is -0.0576.